The van der Waals surface area contributed by atoms with Gasteiger partial charge in [-0.1, -0.05) is 58.4 Å². The number of aromatic nitrogens is 2. The summed E-state index contributed by atoms with van der Waals surface area (Å²) in [4.78, 5) is 7.69. The molecule has 2 aromatic carbocycles. The number of imidazole rings is 1. The Labute approximate surface area is 114 Å². The van der Waals surface area contributed by atoms with Crippen LogP contribution < -0.4 is 0 Å². The van der Waals surface area contributed by atoms with Crippen molar-refractivity contribution in [2.75, 3.05) is 0 Å². The molecule has 3 aromatic rings. The van der Waals surface area contributed by atoms with Gasteiger partial charge < -0.3 is 4.98 Å². The first-order chi connectivity index (χ1) is 8.84. The molecule has 1 atom stereocenters. The number of halogens is 1. The summed E-state index contributed by atoms with van der Waals surface area (Å²) < 4.78 is 0. The van der Waals surface area contributed by atoms with E-state index >= 15 is 0 Å². The van der Waals surface area contributed by atoms with Crippen LogP contribution in [0.25, 0.3) is 10.8 Å². The van der Waals surface area contributed by atoms with Gasteiger partial charge in [-0.15, -0.1) is 0 Å². The average molecular weight is 301 g/mol. The van der Waals surface area contributed by atoms with E-state index in [-0.39, 0.29) is 4.83 Å². The largest absolute Gasteiger partial charge is 0.349 e. The van der Waals surface area contributed by atoms with Crippen LogP contribution in [-0.2, 0) is 6.42 Å². The van der Waals surface area contributed by atoms with Gasteiger partial charge in [0.15, 0.2) is 0 Å². The van der Waals surface area contributed by atoms with Crippen LogP contribution in [0.5, 0.6) is 0 Å². The Morgan fingerprint density at radius 1 is 1.11 bits per heavy atom. The van der Waals surface area contributed by atoms with E-state index in [9.17, 15) is 0 Å². The fourth-order valence-corrected chi connectivity index (χ4v) is 2.92. The van der Waals surface area contributed by atoms with E-state index in [1.807, 2.05) is 6.20 Å². The number of hydrogen-bond acceptors (Lipinski definition) is 1. The van der Waals surface area contributed by atoms with Crippen LogP contribution in [0.15, 0.2) is 54.9 Å². The molecule has 0 saturated heterocycles. The lowest BCUT2D eigenvalue weighted by Crippen LogP contribution is -1.98. The predicted molar refractivity (Wildman–Crippen MR) is 77.9 cm³/mol. The van der Waals surface area contributed by atoms with E-state index in [2.05, 4.69) is 68.4 Å². The van der Waals surface area contributed by atoms with Gasteiger partial charge >= 0.3 is 0 Å². The van der Waals surface area contributed by atoms with Crippen molar-refractivity contribution >= 4 is 26.7 Å². The molecule has 2 nitrogen and oxygen atoms in total. The van der Waals surface area contributed by atoms with Gasteiger partial charge in [0.1, 0.15) is 5.82 Å². The van der Waals surface area contributed by atoms with E-state index in [0.717, 1.165) is 12.2 Å². The number of nitrogens with one attached hydrogen (secondary N) is 1. The Balaban J connectivity index is 1.98. The number of rotatable bonds is 3. The molecule has 1 N–H and O–H groups in total. The van der Waals surface area contributed by atoms with Crippen molar-refractivity contribution in [2.45, 2.75) is 11.2 Å². The van der Waals surface area contributed by atoms with Crippen molar-refractivity contribution in [1.29, 1.82) is 0 Å². The summed E-state index contributed by atoms with van der Waals surface area (Å²) in [5.41, 5.74) is 1.31. The van der Waals surface area contributed by atoms with Gasteiger partial charge in [0.05, 0.1) is 0 Å². The highest BCUT2D eigenvalue weighted by molar-refractivity contribution is 9.09. The monoisotopic (exact) mass is 300 g/mol. The number of hydrogen-bond donors (Lipinski definition) is 1. The highest BCUT2D eigenvalue weighted by Gasteiger charge is 2.12. The molecule has 0 spiro atoms. The van der Waals surface area contributed by atoms with Gasteiger partial charge in [0, 0.05) is 23.6 Å². The average Bonchev–Trinajstić information content (AvgIpc) is 2.91. The van der Waals surface area contributed by atoms with E-state index in [4.69, 9.17) is 0 Å². The molecule has 90 valence electrons. The molecule has 0 aliphatic carbocycles. The highest BCUT2D eigenvalue weighted by Crippen LogP contribution is 2.31. The molecule has 0 aliphatic rings. The van der Waals surface area contributed by atoms with Crippen molar-refractivity contribution < 1.29 is 0 Å². The summed E-state index contributed by atoms with van der Waals surface area (Å²) in [5.74, 6) is 1.00. The normalized spacial score (nSPS) is 12.7. The van der Waals surface area contributed by atoms with Crippen molar-refractivity contribution in [3.8, 4) is 0 Å². The van der Waals surface area contributed by atoms with E-state index in [1.165, 1.54) is 16.3 Å². The fourth-order valence-electron chi connectivity index (χ4n) is 2.21. The lowest BCUT2D eigenvalue weighted by molar-refractivity contribution is 0.882. The Bertz CT molecular complexity index is 641. The maximum absolute atomic E-state index is 4.28. The zero-order chi connectivity index (χ0) is 12.4. The van der Waals surface area contributed by atoms with Crippen molar-refractivity contribution in [3.63, 3.8) is 0 Å². The molecule has 18 heavy (non-hydrogen) atoms. The van der Waals surface area contributed by atoms with Gasteiger partial charge in [0.2, 0.25) is 0 Å². The third-order valence-electron chi connectivity index (χ3n) is 3.09. The minimum absolute atomic E-state index is 0.273. The van der Waals surface area contributed by atoms with Crippen molar-refractivity contribution in [3.05, 3.63) is 66.2 Å². The number of H-pyrrole nitrogens is 1. The first-order valence-corrected chi connectivity index (χ1v) is 6.86. The standard InChI is InChI=1S/C15H13BrN2/c16-14(10-15-17-8-9-18-15)13-7-3-5-11-4-1-2-6-12(11)13/h1-9,14H,10H2,(H,17,18). The molecule has 0 radical (unpaired) electrons. The van der Waals surface area contributed by atoms with Crippen LogP contribution in [-0.4, -0.2) is 9.97 Å². The Morgan fingerprint density at radius 2 is 1.94 bits per heavy atom. The predicted octanol–water partition coefficient (Wildman–Crippen LogP) is 4.24. The van der Waals surface area contributed by atoms with Crippen LogP contribution in [0.3, 0.4) is 0 Å². The maximum Gasteiger partial charge on any atom is 0.107 e. The molecule has 0 bridgehead atoms. The second kappa shape index (κ2) is 4.94. The first kappa shape index (κ1) is 11.5. The summed E-state index contributed by atoms with van der Waals surface area (Å²) in [6, 6.07) is 14.9. The lowest BCUT2D eigenvalue weighted by Gasteiger charge is -2.12. The number of fused-ring (bicyclic) bond motifs is 1. The third-order valence-corrected chi connectivity index (χ3v) is 3.91. The smallest absolute Gasteiger partial charge is 0.107 e. The highest BCUT2D eigenvalue weighted by atomic mass is 79.9. The number of nitrogens with zero attached hydrogens (tertiary/aromatic N) is 1. The zero-order valence-corrected chi connectivity index (χ0v) is 11.4. The van der Waals surface area contributed by atoms with Crippen molar-refractivity contribution in [2.24, 2.45) is 0 Å². The second-order valence-corrected chi connectivity index (χ2v) is 5.38. The van der Waals surface area contributed by atoms with Gasteiger partial charge in [-0.2, -0.15) is 0 Å². The zero-order valence-electron chi connectivity index (χ0n) is 9.81. The Hall–Kier alpha value is -1.61. The van der Waals surface area contributed by atoms with Crippen LogP contribution in [0.4, 0.5) is 0 Å². The minimum Gasteiger partial charge on any atom is -0.349 e. The molecule has 0 fully saturated rings. The van der Waals surface area contributed by atoms with Crippen LogP contribution >= 0.6 is 15.9 Å². The number of alkyl halides is 1. The van der Waals surface area contributed by atoms with Gasteiger partial charge in [-0.05, 0) is 16.3 Å². The molecule has 3 rings (SSSR count). The molecular formula is C15H13BrN2. The van der Waals surface area contributed by atoms with E-state index in [1.54, 1.807) is 6.20 Å². The lowest BCUT2D eigenvalue weighted by atomic mass is 10.0. The first-order valence-electron chi connectivity index (χ1n) is 5.94. The van der Waals surface area contributed by atoms with Crippen LogP contribution in [0, 0.1) is 0 Å². The minimum atomic E-state index is 0.273. The van der Waals surface area contributed by atoms with E-state index in [0.29, 0.717) is 0 Å². The summed E-state index contributed by atoms with van der Waals surface area (Å²) >= 11 is 3.77. The Morgan fingerprint density at radius 3 is 2.78 bits per heavy atom. The number of aromatic amines is 1. The van der Waals surface area contributed by atoms with Gasteiger partial charge in [0.25, 0.3) is 0 Å². The molecule has 0 aliphatic heterocycles. The molecular weight excluding hydrogens is 288 g/mol. The molecule has 1 aromatic heterocycles. The molecule has 3 heteroatoms. The summed E-state index contributed by atoms with van der Waals surface area (Å²) in [5, 5.41) is 2.58. The van der Waals surface area contributed by atoms with E-state index < -0.39 is 0 Å². The van der Waals surface area contributed by atoms with Crippen molar-refractivity contribution in [1.82, 2.24) is 9.97 Å². The molecule has 1 heterocycles. The SMILES string of the molecule is BrC(Cc1ncc[nH]1)c1cccc2ccccc12. The summed E-state index contributed by atoms with van der Waals surface area (Å²) in [6.45, 7) is 0. The summed E-state index contributed by atoms with van der Waals surface area (Å²) in [6.07, 6.45) is 4.51. The van der Waals surface area contributed by atoms with Gasteiger partial charge in [-0.25, -0.2) is 4.98 Å². The fraction of sp³-hybridized carbons (Fsp3) is 0.133. The Kier molecular flexibility index (Phi) is 3.15. The maximum atomic E-state index is 4.28. The quantitative estimate of drug-likeness (QED) is 0.720. The summed E-state index contributed by atoms with van der Waals surface area (Å²) in [7, 11) is 0. The van der Waals surface area contributed by atoms with Gasteiger partial charge in [-0.3, -0.25) is 0 Å². The molecule has 0 saturated carbocycles. The van der Waals surface area contributed by atoms with Crippen LogP contribution in [0.2, 0.25) is 0 Å². The molecule has 1 unspecified atom stereocenters. The molecule has 0 amide bonds. The topological polar surface area (TPSA) is 28.7 Å². The number of benzene rings is 2. The third kappa shape index (κ3) is 2.18. The van der Waals surface area contributed by atoms with Crippen LogP contribution in [0.1, 0.15) is 16.2 Å². The second-order valence-electron chi connectivity index (χ2n) is 4.28.